The number of phenols is 1. The largest absolute Gasteiger partial charge is 0.505 e. The van der Waals surface area contributed by atoms with E-state index in [2.05, 4.69) is 33.6 Å². The average molecular weight is 708 g/mol. The first-order valence-electron chi connectivity index (χ1n) is 12.2. The van der Waals surface area contributed by atoms with Gasteiger partial charge >= 0.3 is 0 Å². The minimum Gasteiger partial charge on any atom is -0.505 e. The monoisotopic (exact) mass is 707 g/mol. The number of phenolic OH excluding ortho intramolecular Hbond substituents is 1. The van der Waals surface area contributed by atoms with Gasteiger partial charge in [0, 0.05) is 10.8 Å². The molecule has 0 spiro atoms. The lowest BCUT2D eigenvalue weighted by atomic mass is 10.1. The normalized spacial score (nSPS) is 13.0. The molecule has 4 rings (SSSR count). The fourth-order valence-electron chi connectivity index (χ4n) is 3.91. The molecule has 0 fully saturated rings. The van der Waals surface area contributed by atoms with Crippen molar-refractivity contribution < 1.29 is 47.9 Å². The van der Waals surface area contributed by atoms with Crippen LogP contribution in [-0.2, 0) is 39.9 Å². The fraction of sp³-hybridized carbons (Fsp3) is 0. The summed E-state index contributed by atoms with van der Waals surface area (Å²) in [6.07, 6.45) is 0. The van der Waals surface area contributed by atoms with Crippen molar-refractivity contribution in [3.63, 3.8) is 0 Å². The van der Waals surface area contributed by atoms with E-state index in [1.165, 1.54) is 30.3 Å². The van der Waals surface area contributed by atoms with Gasteiger partial charge in [-0.1, -0.05) is 19.2 Å². The summed E-state index contributed by atoms with van der Waals surface area (Å²) in [6.45, 7) is 6.37. The predicted molar refractivity (Wildman–Crippen MR) is 166 cm³/mol. The molecule has 0 aromatic heterocycles. The molecule has 0 aliphatic heterocycles. The second-order valence-corrected chi connectivity index (χ2v) is 15.6. The molecular formula is C26H21N5O11S4. The molecule has 0 bridgehead atoms. The highest BCUT2D eigenvalue weighted by Crippen LogP contribution is 2.45. The van der Waals surface area contributed by atoms with Crippen molar-refractivity contribution in [1.82, 2.24) is 0 Å². The maximum Gasteiger partial charge on any atom is 0.296 e. The first kappa shape index (κ1) is 34.0. The lowest BCUT2D eigenvalue weighted by molar-refractivity contribution is 0.480. The van der Waals surface area contributed by atoms with Crippen LogP contribution in [0.25, 0.3) is 10.8 Å². The number of aromatic hydroxyl groups is 1. The van der Waals surface area contributed by atoms with Crippen molar-refractivity contribution in [3.05, 3.63) is 84.6 Å². The fourth-order valence-corrected chi connectivity index (χ4v) is 6.75. The maximum atomic E-state index is 12.2. The van der Waals surface area contributed by atoms with Gasteiger partial charge in [-0.15, -0.1) is 15.3 Å². The number of sulfone groups is 2. The summed E-state index contributed by atoms with van der Waals surface area (Å²) in [6, 6.07) is 10.8. The Bertz CT molecular complexity index is 2440. The zero-order valence-corrected chi connectivity index (χ0v) is 26.2. The molecule has 0 saturated heterocycles. The van der Waals surface area contributed by atoms with E-state index in [0.29, 0.717) is 11.5 Å². The molecule has 0 atom stereocenters. The summed E-state index contributed by atoms with van der Waals surface area (Å²) in [5.74, 6) is -0.699. The van der Waals surface area contributed by atoms with E-state index in [-0.39, 0.29) is 27.0 Å². The van der Waals surface area contributed by atoms with Crippen molar-refractivity contribution in [3.8, 4) is 5.75 Å². The first-order valence-corrected chi connectivity index (χ1v) is 18.1. The van der Waals surface area contributed by atoms with Crippen LogP contribution in [-0.4, -0.2) is 47.9 Å². The molecule has 240 valence electrons. The summed E-state index contributed by atoms with van der Waals surface area (Å²) < 4.78 is 116. The molecule has 16 nitrogen and oxygen atoms in total. The number of nitrogens with two attached hydrogens (primary N) is 1. The smallest absolute Gasteiger partial charge is 0.296 e. The highest BCUT2D eigenvalue weighted by Gasteiger charge is 2.24. The van der Waals surface area contributed by atoms with Crippen molar-refractivity contribution in [2.45, 2.75) is 19.6 Å². The summed E-state index contributed by atoms with van der Waals surface area (Å²) in [5, 5.41) is 27.3. The summed E-state index contributed by atoms with van der Waals surface area (Å²) >= 11 is 0. The van der Waals surface area contributed by atoms with Crippen LogP contribution in [0.15, 0.2) is 125 Å². The van der Waals surface area contributed by atoms with Crippen LogP contribution in [0.1, 0.15) is 0 Å². The molecule has 0 heterocycles. The Balaban J connectivity index is 1.85. The Morgan fingerprint density at radius 2 is 1.15 bits per heavy atom. The van der Waals surface area contributed by atoms with Crippen LogP contribution < -0.4 is 5.73 Å². The van der Waals surface area contributed by atoms with Gasteiger partial charge in [0.05, 0.1) is 26.6 Å². The van der Waals surface area contributed by atoms with Crippen LogP contribution in [0.4, 0.5) is 28.4 Å². The number of fused-ring (bicyclic) bond motifs is 1. The molecule has 0 radical (unpaired) electrons. The third-order valence-electron chi connectivity index (χ3n) is 6.18. The zero-order chi connectivity index (χ0) is 34.2. The quantitative estimate of drug-likeness (QED) is 0.0930. The number of hydrogen-bond donors (Lipinski definition) is 4. The van der Waals surface area contributed by atoms with Crippen LogP contribution >= 0.6 is 0 Å². The van der Waals surface area contributed by atoms with E-state index >= 15 is 0 Å². The highest BCUT2D eigenvalue weighted by molar-refractivity contribution is 7.94. The van der Waals surface area contributed by atoms with E-state index in [9.17, 15) is 47.9 Å². The molecule has 5 N–H and O–H groups in total. The number of benzene rings is 4. The van der Waals surface area contributed by atoms with Gasteiger partial charge in [0.15, 0.2) is 25.4 Å². The Labute approximate surface area is 262 Å². The second-order valence-electron chi connectivity index (χ2n) is 9.07. The maximum absolute atomic E-state index is 12.2. The van der Waals surface area contributed by atoms with Crippen molar-refractivity contribution in [2.75, 3.05) is 5.73 Å². The van der Waals surface area contributed by atoms with E-state index in [1.54, 1.807) is 0 Å². The van der Waals surface area contributed by atoms with Gasteiger partial charge < -0.3 is 10.8 Å². The third-order valence-corrected chi connectivity index (χ3v) is 10.7. The SMILES string of the molecule is C=CS(=O)(=O)c1ccc(N=Nc2c(S(=O)(=O)O)cc3ccc(N=Nc4ccc(S(=O)(=O)C=C)cc4S(=O)(=O)O)c(O)c3c2N)cc1. The molecule has 46 heavy (non-hydrogen) atoms. The predicted octanol–water partition coefficient (Wildman–Crippen LogP) is 5.29. The average Bonchev–Trinajstić information content (AvgIpc) is 2.99. The van der Waals surface area contributed by atoms with Gasteiger partial charge in [-0.05, 0) is 60.0 Å². The van der Waals surface area contributed by atoms with Gasteiger partial charge in [-0.25, -0.2) is 16.8 Å². The number of azo groups is 2. The molecule has 4 aromatic rings. The summed E-state index contributed by atoms with van der Waals surface area (Å²) in [4.78, 5) is -2.31. The minimum absolute atomic E-state index is 0.0166. The van der Waals surface area contributed by atoms with Gasteiger partial charge in [-0.3, -0.25) is 9.11 Å². The molecule has 0 amide bonds. The number of nitrogen functional groups attached to an aromatic ring is 1. The Morgan fingerprint density at radius 1 is 0.630 bits per heavy atom. The third kappa shape index (κ3) is 6.85. The van der Waals surface area contributed by atoms with E-state index in [4.69, 9.17) is 5.73 Å². The Kier molecular flexibility index (Phi) is 8.99. The van der Waals surface area contributed by atoms with Crippen molar-refractivity contribution in [2.24, 2.45) is 20.5 Å². The van der Waals surface area contributed by atoms with Crippen LogP contribution in [0.3, 0.4) is 0 Å². The number of nitrogens with zero attached hydrogens (tertiary/aromatic N) is 4. The number of rotatable bonds is 10. The summed E-state index contributed by atoms with van der Waals surface area (Å²) in [7, 11) is -17.8. The number of anilines is 1. The summed E-state index contributed by atoms with van der Waals surface area (Å²) in [5.41, 5.74) is 4.28. The number of hydrogen-bond acceptors (Lipinski definition) is 14. The highest BCUT2D eigenvalue weighted by atomic mass is 32.2. The van der Waals surface area contributed by atoms with Gasteiger partial charge in [0.25, 0.3) is 20.2 Å². The van der Waals surface area contributed by atoms with Gasteiger partial charge in [0.1, 0.15) is 26.9 Å². The molecular weight excluding hydrogens is 687 g/mol. The standard InChI is InChI=1S/C26H21N5O11S4/c1-3-43(33,34)17-8-6-16(7-9-17)28-31-25-22(46(40,41)42)13-15-5-11-20(26(32)23(15)24(25)27)30-29-19-12-10-18(44(35,36)4-2)14-21(19)45(37,38)39/h3-14,32H,1-2,27H2,(H,37,38,39)(H,40,41,42). The van der Waals surface area contributed by atoms with Crippen LogP contribution in [0, 0.1) is 0 Å². The first-order chi connectivity index (χ1) is 21.3. The Morgan fingerprint density at radius 3 is 1.72 bits per heavy atom. The van der Waals surface area contributed by atoms with Gasteiger partial charge in [0.2, 0.25) is 0 Å². The molecule has 4 aromatic carbocycles. The minimum atomic E-state index is -5.02. The molecule has 0 saturated carbocycles. The molecule has 0 aliphatic carbocycles. The molecule has 0 unspecified atom stereocenters. The van der Waals surface area contributed by atoms with Gasteiger partial charge in [-0.2, -0.15) is 21.9 Å². The Hall–Kier alpha value is -4.86. The van der Waals surface area contributed by atoms with E-state index in [1.807, 2.05) is 0 Å². The molecule has 0 aliphatic rings. The van der Waals surface area contributed by atoms with E-state index in [0.717, 1.165) is 29.7 Å². The van der Waals surface area contributed by atoms with Crippen molar-refractivity contribution in [1.29, 1.82) is 0 Å². The topological polar surface area (TPSA) is 273 Å². The molecule has 20 heteroatoms. The second kappa shape index (κ2) is 12.2. The van der Waals surface area contributed by atoms with Crippen LogP contribution in [0.5, 0.6) is 5.75 Å². The van der Waals surface area contributed by atoms with Crippen molar-refractivity contribution >= 4 is 79.1 Å². The lowest BCUT2D eigenvalue weighted by Gasteiger charge is -2.12. The van der Waals surface area contributed by atoms with E-state index < -0.39 is 77.4 Å². The van der Waals surface area contributed by atoms with Crippen LogP contribution in [0.2, 0.25) is 0 Å². The lowest BCUT2D eigenvalue weighted by Crippen LogP contribution is -2.02. The zero-order valence-electron chi connectivity index (χ0n) is 22.9.